The van der Waals surface area contributed by atoms with Gasteiger partial charge >= 0.3 is 0 Å². The maximum atomic E-state index is 10.9. The molecule has 2 nitrogen and oxygen atoms in total. The molecule has 1 aliphatic carbocycles. The Labute approximate surface area is 116 Å². The SMILES string of the molecule is COc1ccc(C2(O)CCCC(CC(C)C)C2)cc1. The Morgan fingerprint density at radius 2 is 2.00 bits per heavy atom. The number of methoxy groups -OCH3 is 1. The average Bonchev–Trinajstić information content (AvgIpc) is 2.38. The van der Waals surface area contributed by atoms with Crippen LogP contribution in [0.4, 0.5) is 0 Å². The number of benzene rings is 1. The third-order valence-electron chi connectivity index (χ3n) is 4.26. The molecule has 0 aromatic heterocycles. The Morgan fingerprint density at radius 1 is 1.32 bits per heavy atom. The Kier molecular flexibility index (Phi) is 4.51. The monoisotopic (exact) mass is 262 g/mol. The number of hydrogen-bond donors (Lipinski definition) is 1. The van der Waals surface area contributed by atoms with Gasteiger partial charge in [0.1, 0.15) is 5.75 Å². The topological polar surface area (TPSA) is 29.5 Å². The second kappa shape index (κ2) is 5.96. The Hall–Kier alpha value is -1.02. The first-order chi connectivity index (χ1) is 9.03. The Bertz CT molecular complexity index is 396. The van der Waals surface area contributed by atoms with E-state index in [0.29, 0.717) is 11.8 Å². The average molecular weight is 262 g/mol. The lowest BCUT2D eigenvalue weighted by atomic mass is 9.72. The summed E-state index contributed by atoms with van der Waals surface area (Å²) in [5.41, 5.74) is 0.408. The van der Waals surface area contributed by atoms with Gasteiger partial charge in [-0.05, 0) is 55.2 Å². The molecular formula is C17H26O2. The zero-order chi connectivity index (χ0) is 13.9. The molecule has 0 bridgehead atoms. The van der Waals surface area contributed by atoms with E-state index in [4.69, 9.17) is 4.74 Å². The van der Waals surface area contributed by atoms with E-state index >= 15 is 0 Å². The number of rotatable bonds is 4. The van der Waals surface area contributed by atoms with E-state index in [1.807, 2.05) is 24.3 Å². The fraction of sp³-hybridized carbons (Fsp3) is 0.647. The van der Waals surface area contributed by atoms with Crippen molar-refractivity contribution in [3.05, 3.63) is 29.8 Å². The first-order valence-electron chi connectivity index (χ1n) is 7.40. The minimum atomic E-state index is -0.635. The molecule has 0 aliphatic heterocycles. The van der Waals surface area contributed by atoms with Gasteiger partial charge in [-0.25, -0.2) is 0 Å². The van der Waals surface area contributed by atoms with Gasteiger partial charge in [0.2, 0.25) is 0 Å². The van der Waals surface area contributed by atoms with Crippen molar-refractivity contribution in [1.82, 2.24) is 0 Å². The summed E-state index contributed by atoms with van der Waals surface area (Å²) in [5, 5.41) is 10.9. The van der Waals surface area contributed by atoms with Gasteiger partial charge in [-0.15, -0.1) is 0 Å². The first-order valence-corrected chi connectivity index (χ1v) is 7.40. The maximum absolute atomic E-state index is 10.9. The van der Waals surface area contributed by atoms with Gasteiger partial charge in [0.15, 0.2) is 0 Å². The van der Waals surface area contributed by atoms with Crippen molar-refractivity contribution in [2.75, 3.05) is 7.11 Å². The standard InChI is InChI=1S/C17H26O2/c1-13(2)11-14-5-4-10-17(18,12-14)15-6-8-16(19-3)9-7-15/h6-9,13-14,18H,4-5,10-12H2,1-3H3. The van der Waals surface area contributed by atoms with Crippen LogP contribution in [0.1, 0.15) is 51.5 Å². The smallest absolute Gasteiger partial charge is 0.118 e. The van der Waals surface area contributed by atoms with Crippen LogP contribution in [0.15, 0.2) is 24.3 Å². The molecule has 1 saturated carbocycles. The predicted molar refractivity (Wildman–Crippen MR) is 78.3 cm³/mol. The number of aliphatic hydroxyl groups is 1. The van der Waals surface area contributed by atoms with Crippen LogP contribution in [-0.4, -0.2) is 12.2 Å². The summed E-state index contributed by atoms with van der Waals surface area (Å²) in [6, 6.07) is 7.91. The summed E-state index contributed by atoms with van der Waals surface area (Å²) >= 11 is 0. The molecule has 0 amide bonds. The zero-order valence-electron chi connectivity index (χ0n) is 12.4. The highest BCUT2D eigenvalue weighted by Gasteiger charge is 2.35. The van der Waals surface area contributed by atoms with Gasteiger partial charge in [0.05, 0.1) is 12.7 Å². The maximum Gasteiger partial charge on any atom is 0.118 e. The van der Waals surface area contributed by atoms with Gasteiger partial charge in [0, 0.05) is 0 Å². The molecular weight excluding hydrogens is 236 g/mol. The highest BCUT2D eigenvalue weighted by atomic mass is 16.5. The number of ether oxygens (including phenoxy) is 1. The molecule has 0 spiro atoms. The van der Waals surface area contributed by atoms with Gasteiger partial charge in [0.25, 0.3) is 0 Å². The minimum absolute atomic E-state index is 0.635. The normalized spacial score (nSPS) is 27.5. The van der Waals surface area contributed by atoms with Crippen LogP contribution in [0.5, 0.6) is 5.75 Å². The quantitative estimate of drug-likeness (QED) is 0.884. The van der Waals surface area contributed by atoms with E-state index in [-0.39, 0.29) is 0 Å². The second-order valence-electron chi connectivity index (χ2n) is 6.35. The lowest BCUT2D eigenvalue weighted by Gasteiger charge is -2.38. The van der Waals surface area contributed by atoms with Crippen LogP contribution in [0.25, 0.3) is 0 Å². The molecule has 1 aliphatic rings. The van der Waals surface area contributed by atoms with Crippen molar-refractivity contribution in [3.8, 4) is 5.75 Å². The third-order valence-corrected chi connectivity index (χ3v) is 4.26. The van der Waals surface area contributed by atoms with E-state index in [1.165, 1.54) is 12.8 Å². The Balaban J connectivity index is 2.11. The molecule has 1 aromatic carbocycles. The van der Waals surface area contributed by atoms with Crippen LogP contribution >= 0.6 is 0 Å². The summed E-state index contributed by atoms with van der Waals surface area (Å²) < 4.78 is 5.18. The molecule has 2 unspecified atom stereocenters. The zero-order valence-corrected chi connectivity index (χ0v) is 12.4. The van der Waals surface area contributed by atoms with Crippen LogP contribution < -0.4 is 4.74 Å². The van der Waals surface area contributed by atoms with Gasteiger partial charge in [-0.2, -0.15) is 0 Å². The van der Waals surface area contributed by atoms with Crippen LogP contribution in [0, 0.1) is 11.8 Å². The summed E-state index contributed by atoms with van der Waals surface area (Å²) in [7, 11) is 1.67. The molecule has 1 N–H and O–H groups in total. The third kappa shape index (κ3) is 3.50. The molecule has 2 heteroatoms. The molecule has 2 atom stereocenters. The molecule has 1 fully saturated rings. The lowest BCUT2D eigenvalue weighted by molar-refractivity contribution is -0.0244. The molecule has 1 aromatic rings. The van der Waals surface area contributed by atoms with Crippen molar-refractivity contribution in [1.29, 1.82) is 0 Å². The summed E-state index contributed by atoms with van der Waals surface area (Å²) in [6.45, 7) is 4.53. The molecule has 0 saturated heterocycles. The van der Waals surface area contributed by atoms with Crippen molar-refractivity contribution in [3.63, 3.8) is 0 Å². The van der Waals surface area contributed by atoms with Gasteiger partial charge in [-0.3, -0.25) is 0 Å². The van der Waals surface area contributed by atoms with Crippen LogP contribution in [0.3, 0.4) is 0 Å². The van der Waals surface area contributed by atoms with Crippen molar-refractivity contribution >= 4 is 0 Å². The second-order valence-corrected chi connectivity index (χ2v) is 6.35. The minimum Gasteiger partial charge on any atom is -0.497 e. The Morgan fingerprint density at radius 3 is 2.58 bits per heavy atom. The predicted octanol–water partition coefficient (Wildman–Crippen LogP) is 4.12. The highest BCUT2D eigenvalue weighted by Crippen LogP contribution is 2.42. The van der Waals surface area contributed by atoms with E-state index in [1.54, 1.807) is 7.11 Å². The first kappa shape index (κ1) is 14.4. The van der Waals surface area contributed by atoms with Crippen molar-refractivity contribution in [2.24, 2.45) is 11.8 Å². The highest BCUT2D eigenvalue weighted by molar-refractivity contribution is 5.31. The largest absolute Gasteiger partial charge is 0.497 e. The molecule has 0 heterocycles. The van der Waals surface area contributed by atoms with Crippen LogP contribution in [-0.2, 0) is 5.60 Å². The van der Waals surface area contributed by atoms with Gasteiger partial charge in [-0.1, -0.05) is 32.4 Å². The molecule has 19 heavy (non-hydrogen) atoms. The molecule has 2 rings (SSSR count). The fourth-order valence-electron chi connectivity index (χ4n) is 3.40. The van der Waals surface area contributed by atoms with Crippen molar-refractivity contribution < 1.29 is 9.84 Å². The summed E-state index contributed by atoms with van der Waals surface area (Å²) in [5.74, 6) is 2.21. The molecule has 106 valence electrons. The van der Waals surface area contributed by atoms with E-state index in [2.05, 4.69) is 13.8 Å². The number of hydrogen-bond acceptors (Lipinski definition) is 2. The van der Waals surface area contributed by atoms with Gasteiger partial charge < -0.3 is 9.84 Å². The fourth-order valence-corrected chi connectivity index (χ4v) is 3.40. The van der Waals surface area contributed by atoms with Crippen molar-refractivity contribution in [2.45, 2.75) is 51.6 Å². The van der Waals surface area contributed by atoms with E-state index in [9.17, 15) is 5.11 Å². The summed E-state index contributed by atoms with van der Waals surface area (Å²) in [6.07, 6.45) is 5.39. The lowest BCUT2D eigenvalue weighted by Crippen LogP contribution is -2.33. The molecule has 0 radical (unpaired) electrons. The van der Waals surface area contributed by atoms with E-state index in [0.717, 1.165) is 30.6 Å². The van der Waals surface area contributed by atoms with E-state index < -0.39 is 5.60 Å². The summed E-state index contributed by atoms with van der Waals surface area (Å²) in [4.78, 5) is 0. The van der Waals surface area contributed by atoms with Crippen LogP contribution in [0.2, 0.25) is 0 Å².